The molecule has 0 saturated carbocycles. The molecule has 0 spiro atoms. The van der Waals surface area contributed by atoms with Crippen LogP contribution in [0.25, 0.3) is 5.76 Å². The molecule has 1 N–H and O–H groups in total. The van der Waals surface area contributed by atoms with Crippen LogP contribution in [0.15, 0.2) is 48.0 Å². The van der Waals surface area contributed by atoms with Crippen LogP contribution in [-0.4, -0.2) is 71.9 Å². The van der Waals surface area contributed by atoms with Crippen molar-refractivity contribution in [2.75, 3.05) is 40.4 Å². The number of rotatable bonds is 6. The van der Waals surface area contributed by atoms with Gasteiger partial charge in [-0.05, 0) is 50.0 Å². The van der Waals surface area contributed by atoms with E-state index in [2.05, 4.69) is 0 Å². The minimum absolute atomic E-state index is 0.0794. The molecular weight excluding hydrogens is 430 g/mol. The summed E-state index contributed by atoms with van der Waals surface area (Å²) < 4.78 is 11.1. The molecule has 1 saturated heterocycles. The van der Waals surface area contributed by atoms with E-state index in [0.717, 1.165) is 0 Å². The van der Waals surface area contributed by atoms with Crippen molar-refractivity contribution in [3.63, 3.8) is 0 Å². The third kappa shape index (κ3) is 4.24. The molecule has 2 aromatic rings. The second kappa shape index (κ2) is 8.91. The van der Waals surface area contributed by atoms with Gasteiger partial charge < -0.3 is 24.4 Å². The van der Waals surface area contributed by atoms with Gasteiger partial charge in [0, 0.05) is 30.8 Å². The van der Waals surface area contributed by atoms with Crippen molar-refractivity contribution >= 4 is 23.1 Å². The number of fused-ring (bicyclic) bond motifs is 1. The number of non-ortho nitro benzene ring substituents is 1. The van der Waals surface area contributed by atoms with E-state index in [4.69, 9.17) is 9.47 Å². The normalized spacial score (nSPS) is 19.2. The Morgan fingerprint density at radius 1 is 1.12 bits per heavy atom. The highest BCUT2D eigenvalue weighted by molar-refractivity contribution is 6.46. The van der Waals surface area contributed by atoms with Crippen LogP contribution in [0, 0.1) is 10.1 Å². The van der Waals surface area contributed by atoms with Gasteiger partial charge in [-0.1, -0.05) is 0 Å². The Balaban J connectivity index is 1.81. The summed E-state index contributed by atoms with van der Waals surface area (Å²) in [5.41, 5.74) is 0.592. The molecule has 10 nitrogen and oxygen atoms in total. The zero-order valence-corrected chi connectivity index (χ0v) is 18.2. The molecule has 2 aliphatic heterocycles. The minimum atomic E-state index is -0.890. The van der Waals surface area contributed by atoms with Crippen molar-refractivity contribution in [2.45, 2.75) is 6.04 Å². The quantitative estimate of drug-likeness (QED) is 0.233. The maximum absolute atomic E-state index is 13.0. The molecule has 1 fully saturated rings. The van der Waals surface area contributed by atoms with Gasteiger partial charge in [0.2, 0.25) is 0 Å². The number of likely N-dealkylation sites (N-methyl/N-ethyl adjacent to an activating group) is 1. The van der Waals surface area contributed by atoms with Gasteiger partial charge in [-0.2, -0.15) is 0 Å². The second-order valence-electron chi connectivity index (χ2n) is 8.00. The summed E-state index contributed by atoms with van der Waals surface area (Å²) in [5, 5.41) is 22.2. The van der Waals surface area contributed by atoms with Crippen molar-refractivity contribution in [1.82, 2.24) is 9.80 Å². The summed E-state index contributed by atoms with van der Waals surface area (Å²) in [6, 6.07) is 9.50. The van der Waals surface area contributed by atoms with Crippen LogP contribution >= 0.6 is 0 Å². The lowest BCUT2D eigenvalue weighted by molar-refractivity contribution is -0.384. The van der Waals surface area contributed by atoms with Crippen LogP contribution in [0.5, 0.6) is 11.5 Å². The van der Waals surface area contributed by atoms with E-state index in [-0.39, 0.29) is 23.6 Å². The Labute approximate surface area is 189 Å². The third-order valence-electron chi connectivity index (χ3n) is 5.56. The number of nitro groups is 1. The van der Waals surface area contributed by atoms with Gasteiger partial charge in [-0.3, -0.25) is 19.7 Å². The van der Waals surface area contributed by atoms with Crippen molar-refractivity contribution in [3.05, 3.63) is 69.3 Å². The lowest BCUT2D eigenvalue weighted by Crippen LogP contribution is -2.35. The Morgan fingerprint density at radius 2 is 1.79 bits per heavy atom. The molecule has 2 aliphatic rings. The molecule has 1 atom stereocenters. The number of Topliss-reactive ketones (excluding diaryl/α,β-unsaturated/α-hetero) is 1. The summed E-state index contributed by atoms with van der Waals surface area (Å²) in [6.07, 6.45) is 0. The van der Waals surface area contributed by atoms with Gasteiger partial charge in [0.15, 0.2) is 11.5 Å². The maximum Gasteiger partial charge on any atom is 0.295 e. The highest BCUT2D eigenvalue weighted by Crippen LogP contribution is 2.41. The average molecular weight is 453 g/mol. The van der Waals surface area contributed by atoms with Crippen molar-refractivity contribution < 1.29 is 29.1 Å². The first-order chi connectivity index (χ1) is 15.8. The van der Waals surface area contributed by atoms with Crippen LogP contribution in [-0.2, 0) is 9.59 Å². The number of nitrogens with zero attached hydrogens (tertiary/aromatic N) is 3. The highest BCUT2D eigenvalue weighted by Gasteiger charge is 2.46. The van der Waals surface area contributed by atoms with Crippen molar-refractivity contribution in [3.8, 4) is 11.5 Å². The number of ether oxygens (including phenoxy) is 2. The SMILES string of the molecule is CN(C)CCN1C(=O)C(=O)/C(=C(/O)c2ccc3c(c2)OCCO3)[C@@H]1c1ccc([N+](=O)[O-])cc1. The minimum Gasteiger partial charge on any atom is -0.507 e. The van der Waals surface area contributed by atoms with E-state index in [1.807, 2.05) is 19.0 Å². The first-order valence-corrected chi connectivity index (χ1v) is 10.4. The first kappa shape index (κ1) is 22.3. The molecule has 1 amide bonds. The van der Waals surface area contributed by atoms with Gasteiger partial charge in [0.25, 0.3) is 17.4 Å². The Morgan fingerprint density at radius 3 is 2.42 bits per heavy atom. The summed E-state index contributed by atoms with van der Waals surface area (Å²) in [7, 11) is 3.68. The molecule has 0 radical (unpaired) electrons. The third-order valence-corrected chi connectivity index (χ3v) is 5.56. The molecule has 33 heavy (non-hydrogen) atoms. The second-order valence-corrected chi connectivity index (χ2v) is 8.00. The molecule has 0 unspecified atom stereocenters. The largest absolute Gasteiger partial charge is 0.507 e. The number of nitro benzene ring substituents is 1. The molecule has 0 aromatic heterocycles. The molecular formula is C23H23N3O7. The number of hydrogen-bond acceptors (Lipinski definition) is 8. The number of aliphatic hydroxyl groups is 1. The van der Waals surface area contributed by atoms with Gasteiger partial charge >= 0.3 is 0 Å². The molecule has 4 rings (SSSR count). The monoisotopic (exact) mass is 453 g/mol. The van der Waals surface area contributed by atoms with E-state index in [1.165, 1.54) is 29.2 Å². The number of aliphatic hydroxyl groups excluding tert-OH is 1. The van der Waals surface area contributed by atoms with Crippen LogP contribution < -0.4 is 9.47 Å². The standard InChI is InChI=1S/C23H23N3O7/c1-24(2)9-10-25-20(14-3-6-16(7-4-14)26(30)31)19(22(28)23(25)29)21(27)15-5-8-17-18(13-15)33-12-11-32-17/h3-8,13,20,27H,9-12H2,1-2H3/b21-19+/t20-/m0/s1. The van der Waals surface area contributed by atoms with E-state index < -0.39 is 22.7 Å². The smallest absolute Gasteiger partial charge is 0.295 e. The fourth-order valence-corrected chi connectivity index (χ4v) is 3.89. The lowest BCUT2D eigenvalue weighted by atomic mass is 9.95. The number of carbonyl (C=O) groups excluding carboxylic acids is 2. The van der Waals surface area contributed by atoms with Crippen molar-refractivity contribution in [1.29, 1.82) is 0 Å². The summed E-state index contributed by atoms with van der Waals surface area (Å²) in [5.74, 6) is -0.944. The van der Waals surface area contributed by atoms with E-state index >= 15 is 0 Å². The number of likely N-dealkylation sites (tertiary alicyclic amines) is 1. The number of ketones is 1. The number of hydrogen-bond donors (Lipinski definition) is 1. The van der Waals surface area contributed by atoms with E-state index in [9.17, 15) is 24.8 Å². The molecule has 172 valence electrons. The average Bonchev–Trinajstić information content (AvgIpc) is 3.06. The zero-order chi connectivity index (χ0) is 23.7. The summed E-state index contributed by atoms with van der Waals surface area (Å²) in [6.45, 7) is 1.49. The van der Waals surface area contributed by atoms with Crippen LogP contribution in [0.4, 0.5) is 5.69 Å². The number of amides is 1. The highest BCUT2D eigenvalue weighted by atomic mass is 16.6. The van der Waals surface area contributed by atoms with E-state index in [1.54, 1.807) is 18.2 Å². The van der Waals surface area contributed by atoms with Gasteiger partial charge in [0.05, 0.1) is 16.5 Å². The maximum atomic E-state index is 13.0. The molecule has 2 heterocycles. The van der Waals surface area contributed by atoms with Crippen LogP contribution in [0.2, 0.25) is 0 Å². The molecule has 10 heteroatoms. The molecule has 0 bridgehead atoms. The topological polar surface area (TPSA) is 122 Å². The van der Waals surface area contributed by atoms with Gasteiger partial charge in [0.1, 0.15) is 19.0 Å². The van der Waals surface area contributed by atoms with Crippen LogP contribution in [0.3, 0.4) is 0 Å². The molecule has 2 aromatic carbocycles. The number of carbonyl (C=O) groups is 2. The Bertz CT molecular complexity index is 1140. The van der Waals surface area contributed by atoms with Gasteiger partial charge in [-0.25, -0.2) is 0 Å². The predicted molar refractivity (Wildman–Crippen MR) is 118 cm³/mol. The summed E-state index contributed by atoms with van der Waals surface area (Å²) >= 11 is 0. The van der Waals surface area contributed by atoms with Gasteiger partial charge in [-0.15, -0.1) is 0 Å². The summed E-state index contributed by atoms with van der Waals surface area (Å²) in [4.78, 5) is 39.7. The molecule has 0 aliphatic carbocycles. The Hall–Kier alpha value is -3.92. The lowest BCUT2D eigenvalue weighted by Gasteiger charge is -2.26. The first-order valence-electron chi connectivity index (χ1n) is 10.4. The number of benzene rings is 2. The van der Waals surface area contributed by atoms with Crippen LogP contribution in [0.1, 0.15) is 17.2 Å². The zero-order valence-electron chi connectivity index (χ0n) is 18.2. The van der Waals surface area contributed by atoms with E-state index in [0.29, 0.717) is 42.4 Å². The predicted octanol–water partition coefficient (Wildman–Crippen LogP) is 2.35. The Kier molecular flexibility index (Phi) is 6.01. The fraction of sp³-hybridized carbons (Fsp3) is 0.304. The van der Waals surface area contributed by atoms with Crippen molar-refractivity contribution in [2.24, 2.45) is 0 Å². The fourth-order valence-electron chi connectivity index (χ4n) is 3.89.